The molecule has 0 aromatic heterocycles. The van der Waals surface area contributed by atoms with E-state index >= 15 is 0 Å². The van der Waals surface area contributed by atoms with Gasteiger partial charge in [0.25, 0.3) is 5.91 Å². The highest BCUT2D eigenvalue weighted by atomic mass is 32.2. The summed E-state index contributed by atoms with van der Waals surface area (Å²) in [5.41, 5.74) is 1.69. The maximum atomic E-state index is 12.1. The minimum absolute atomic E-state index is 0.0964. The average molecular weight is 301 g/mol. The summed E-state index contributed by atoms with van der Waals surface area (Å²) in [7, 11) is 1.59. The summed E-state index contributed by atoms with van der Waals surface area (Å²) < 4.78 is 5.12. The molecule has 0 radical (unpaired) electrons. The van der Waals surface area contributed by atoms with Gasteiger partial charge in [0, 0.05) is 17.0 Å². The Kier molecular flexibility index (Phi) is 5.69. The van der Waals surface area contributed by atoms with Crippen LogP contribution in [0.25, 0.3) is 0 Å². The van der Waals surface area contributed by atoms with Gasteiger partial charge in [0.15, 0.2) is 0 Å². The number of carbonyl (C=O) groups excluding carboxylic acids is 1. The predicted molar refractivity (Wildman–Crippen MR) is 87.0 cm³/mol. The number of thioether (sulfide) groups is 1. The van der Waals surface area contributed by atoms with E-state index in [1.165, 1.54) is 4.90 Å². The zero-order chi connectivity index (χ0) is 15.1. The average Bonchev–Trinajstić information content (AvgIpc) is 2.54. The van der Waals surface area contributed by atoms with Crippen molar-refractivity contribution in [1.29, 1.82) is 0 Å². The molecule has 0 bridgehead atoms. The SMILES string of the molecule is CCSc1ccc(CNC(=O)c2cccc(OC)c2)cc1. The fourth-order valence-corrected chi connectivity index (χ4v) is 2.58. The smallest absolute Gasteiger partial charge is 0.251 e. The summed E-state index contributed by atoms with van der Waals surface area (Å²) in [6.45, 7) is 2.65. The van der Waals surface area contributed by atoms with Crippen LogP contribution < -0.4 is 10.1 Å². The van der Waals surface area contributed by atoms with E-state index in [-0.39, 0.29) is 5.91 Å². The van der Waals surface area contributed by atoms with E-state index in [1.54, 1.807) is 19.2 Å². The first-order chi connectivity index (χ1) is 10.2. The number of amides is 1. The molecule has 0 heterocycles. The summed E-state index contributed by atoms with van der Waals surface area (Å²) in [6, 6.07) is 15.4. The third kappa shape index (κ3) is 4.53. The number of benzene rings is 2. The van der Waals surface area contributed by atoms with Crippen molar-refractivity contribution >= 4 is 17.7 Å². The van der Waals surface area contributed by atoms with Crippen molar-refractivity contribution in [2.75, 3.05) is 12.9 Å². The van der Waals surface area contributed by atoms with E-state index in [0.29, 0.717) is 17.9 Å². The van der Waals surface area contributed by atoms with Crippen LogP contribution in [0.5, 0.6) is 5.75 Å². The number of nitrogens with one attached hydrogen (secondary N) is 1. The zero-order valence-electron chi connectivity index (χ0n) is 12.3. The van der Waals surface area contributed by atoms with Gasteiger partial charge < -0.3 is 10.1 Å². The minimum Gasteiger partial charge on any atom is -0.497 e. The molecule has 4 heteroatoms. The van der Waals surface area contributed by atoms with Crippen molar-refractivity contribution in [3.05, 3.63) is 59.7 Å². The first kappa shape index (κ1) is 15.4. The van der Waals surface area contributed by atoms with E-state index in [2.05, 4.69) is 24.4 Å². The number of hydrogen-bond acceptors (Lipinski definition) is 3. The van der Waals surface area contributed by atoms with Crippen molar-refractivity contribution in [2.45, 2.75) is 18.4 Å². The largest absolute Gasteiger partial charge is 0.497 e. The first-order valence-corrected chi connectivity index (χ1v) is 7.85. The van der Waals surface area contributed by atoms with Crippen LogP contribution in [0, 0.1) is 0 Å². The van der Waals surface area contributed by atoms with Crippen LogP contribution >= 0.6 is 11.8 Å². The number of methoxy groups -OCH3 is 1. The molecule has 1 N–H and O–H groups in total. The highest BCUT2D eigenvalue weighted by Crippen LogP contribution is 2.18. The van der Waals surface area contributed by atoms with Crippen molar-refractivity contribution in [3.8, 4) is 5.75 Å². The van der Waals surface area contributed by atoms with Crippen LogP contribution in [-0.2, 0) is 6.54 Å². The number of ether oxygens (including phenoxy) is 1. The first-order valence-electron chi connectivity index (χ1n) is 6.87. The third-order valence-corrected chi connectivity index (χ3v) is 3.91. The quantitative estimate of drug-likeness (QED) is 0.826. The van der Waals surface area contributed by atoms with E-state index in [1.807, 2.05) is 36.0 Å². The van der Waals surface area contributed by atoms with Gasteiger partial charge >= 0.3 is 0 Å². The Bertz CT molecular complexity index is 596. The second-order valence-electron chi connectivity index (χ2n) is 4.49. The Morgan fingerprint density at radius 3 is 2.62 bits per heavy atom. The lowest BCUT2D eigenvalue weighted by molar-refractivity contribution is 0.0950. The summed E-state index contributed by atoms with van der Waals surface area (Å²) >= 11 is 1.81. The van der Waals surface area contributed by atoms with Crippen molar-refractivity contribution < 1.29 is 9.53 Å². The zero-order valence-corrected chi connectivity index (χ0v) is 13.1. The summed E-state index contributed by atoms with van der Waals surface area (Å²) in [6.07, 6.45) is 0. The highest BCUT2D eigenvalue weighted by Gasteiger charge is 2.06. The van der Waals surface area contributed by atoms with E-state index in [9.17, 15) is 4.79 Å². The lowest BCUT2D eigenvalue weighted by atomic mass is 10.2. The molecule has 0 atom stereocenters. The van der Waals surface area contributed by atoms with Gasteiger partial charge in [-0.05, 0) is 41.6 Å². The van der Waals surface area contributed by atoms with Crippen molar-refractivity contribution in [3.63, 3.8) is 0 Å². The molecule has 0 fully saturated rings. The van der Waals surface area contributed by atoms with Gasteiger partial charge in [0.1, 0.15) is 5.75 Å². The number of rotatable bonds is 6. The highest BCUT2D eigenvalue weighted by molar-refractivity contribution is 7.99. The Balaban J connectivity index is 1.93. The van der Waals surface area contributed by atoms with Crippen LogP contribution in [0.4, 0.5) is 0 Å². The molecule has 21 heavy (non-hydrogen) atoms. The van der Waals surface area contributed by atoms with Crippen LogP contribution in [-0.4, -0.2) is 18.8 Å². The van der Waals surface area contributed by atoms with Gasteiger partial charge in [-0.25, -0.2) is 0 Å². The molecule has 3 nitrogen and oxygen atoms in total. The molecule has 0 saturated heterocycles. The van der Waals surface area contributed by atoms with Gasteiger partial charge in [0.05, 0.1) is 7.11 Å². The van der Waals surface area contributed by atoms with Gasteiger partial charge in [-0.1, -0.05) is 25.1 Å². The topological polar surface area (TPSA) is 38.3 Å². The molecule has 110 valence electrons. The molecule has 2 rings (SSSR count). The normalized spacial score (nSPS) is 10.2. The van der Waals surface area contributed by atoms with Gasteiger partial charge in [-0.15, -0.1) is 11.8 Å². The van der Waals surface area contributed by atoms with Gasteiger partial charge in [0.2, 0.25) is 0 Å². The Hall–Kier alpha value is -1.94. The Morgan fingerprint density at radius 1 is 1.19 bits per heavy atom. The van der Waals surface area contributed by atoms with Crippen molar-refractivity contribution in [2.24, 2.45) is 0 Å². The summed E-state index contributed by atoms with van der Waals surface area (Å²) in [5.74, 6) is 1.65. The third-order valence-electron chi connectivity index (χ3n) is 3.02. The monoisotopic (exact) mass is 301 g/mol. The van der Waals surface area contributed by atoms with E-state index < -0.39 is 0 Å². The molecule has 0 saturated carbocycles. The fourth-order valence-electron chi connectivity index (χ4n) is 1.92. The van der Waals surface area contributed by atoms with Crippen LogP contribution in [0.3, 0.4) is 0 Å². The molecule has 0 unspecified atom stereocenters. The van der Waals surface area contributed by atoms with Crippen LogP contribution in [0.15, 0.2) is 53.4 Å². The number of carbonyl (C=O) groups is 1. The number of hydrogen-bond donors (Lipinski definition) is 1. The van der Waals surface area contributed by atoms with E-state index in [0.717, 1.165) is 11.3 Å². The second kappa shape index (κ2) is 7.74. The molecule has 0 spiro atoms. The molecular weight excluding hydrogens is 282 g/mol. The Labute approximate surface area is 129 Å². The standard InChI is InChI=1S/C17H19NO2S/c1-3-21-16-9-7-13(8-10-16)12-18-17(19)14-5-4-6-15(11-14)20-2/h4-11H,3,12H2,1-2H3,(H,18,19). The van der Waals surface area contributed by atoms with Gasteiger partial charge in [-0.2, -0.15) is 0 Å². The summed E-state index contributed by atoms with van der Waals surface area (Å²) in [5, 5.41) is 2.92. The van der Waals surface area contributed by atoms with E-state index in [4.69, 9.17) is 4.74 Å². The molecule has 2 aromatic carbocycles. The lowest BCUT2D eigenvalue weighted by Crippen LogP contribution is -2.22. The van der Waals surface area contributed by atoms with Crippen LogP contribution in [0.1, 0.15) is 22.8 Å². The molecule has 2 aromatic rings. The molecule has 0 aliphatic carbocycles. The molecule has 0 aliphatic heterocycles. The van der Waals surface area contributed by atoms with Crippen LogP contribution in [0.2, 0.25) is 0 Å². The Morgan fingerprint density at radius 2 is 1.95 bits per heavy atom. The molecular formula is C17H19NO2S. The predicted octanol–water partition coefficient (Wildman–Crippen LogP) is 3.74. The fraction of sp³-hybridized carbons (Fsp3) is 0.235. The maximum absolute atomic E-state index is 12.1. The molecule has 1 amide bonds. The lowest BCUT2D eigenvalue weighted by Gasteiger charge is -2.07. The second-order valence-corrected chi connectivity index (χ2v) is 5.83. The van der Waals surface area contributed by atoms with Crippen molar-refractivity contribution in [1.82, 2.24) is 5.32 Å². The summed E-state index contributed by atoms with van der Waals surface area (Å²) in [4.78, 5) is 13.3. The molecule has 0 aliphatic rings. The maximum Gasteiger partial charge on any atom is 0.251 e. The van der Waals surface area contributed by atoms with Gasteiger partial charge in [-0.3, -0.25) is 4.79 Å². The minimum atomic E-state index is -0.0964.